The van der Waals surface area contributed by atoms with Gasteiger partial charge in [-0.15, -0.1) is 0 Å². The third-order valence-corrected chi connectivity index (χ3v) is 2.38. The Labute approximate surface area is 114 Å². The summed E-state index contributed by atoms with van der Waals surface area (Å²) < 4.78 is 0. The number of amides is 3. The molecule has 0 aliphatic carbocycles. The van der Waals surface area contributed by atoms with E-state index < -0.39 is 6.04 Å². The van der Waals surface area contributed by atoms with Crippen LogP contribution in [0, 0.1) is 5.92 Å². The normalized spacial score (nSPS) is 12.2. The van der Waals surface area contributed by atoms with Crippen LogP contribution in [0.15, 0.2) is 0 Å². The maximum absolute atomic E-state index is 11.9. The second kappa shape index (κ2) is 8.50. The van der Waals surface area contributed by atoms with E-state index >= 15 is 0 Å². The summed E-state index contributed by atoms with van der Waals surface area (Å²) >= 11 is 0. The Kier molecular flexibility index (Phi) is 7.79. The topological polar surface area (TPSA) is 87.3 Å². The lowest BCUT2D eigenvalue weighted by atomic mass is 10.1. The highest BCUT2D eigenvalue weighted by Gasteiger charge is 2.20. The molecule has 0 aliphatic rings. The molecule has 0 heterocycles. The Hall–Kier alpha value is -1.59. The molecular weight excluding hydrogens is 246 g/mol. The lowest BCUT2D eigenvalue weighted by Gasteiger charge is -2.19. The Morgan fingerprint density at radius 2 is 1.53 bits per heavy atom. The number of hydrogen-bond acceptors (Lipinski definition) is 3. The van der Waals surface area contributed by atoms with Gasteiger partial charge in [0.25, 0.3) is 0 Å². The van der Waals surface area contributed by atoms with E-state index in [0.29, 0.717) is 13.0 Å². The zero-order valence-corrected chi connectivity index (χ0v) is 12.4. The van der Waals surface area contributed by atoms with Crippen molar-refractivity contribution in [3.05, 3.63) is 0 Å². The molecule has 0 aromatic rings. The standard InChI is InChI=1S/C13H25N3O3/c1-8(2)12(18)14-7-6-11(16-10(5)17)13(19)15-9(3)4/h8-9,11H,6-7H2,1-5H3,(H,14,18)(H,15,19)(H,16,17). The zero-order chi connectivity index (χ0) is 15.0. The van der Waals surface area contributed by atoms with Gasteiger partial charge in [0.15, 0.2) is 0 Å². The molecule has 0 saturated carbocycles. The van der Waals surface area contributed by atoms with Gasteiger partial charge in [-0.2, -0.15) is 0 Å². The summed E-state index contributed by atoms with van der Waals surface area (Å²) in [5.41, 5.74) is 0. The smallest absolute Gasteiger partial charge is 0.242 e. The number of nitrogens with one attached hydrogen (secondary N) is 3. The summed E-state index contributed by atoms with van der Waals surface area (Å²) in [5.74, 6) is -0.655. The molecule has 3 N–H and O–H groups in total. The van der Waals surface area contributed by atoms with Crippen LogP contribution in [-0.2, 0) is 14.4 Å². The summed E-state index contributed by atoms with van der Waals surface area (Å²) in [4.78, 5) is 34.3. The minimum Gasteiger partial charge on any atom is -0.356 e. The van der Waals surface area contributed by atoms with Gasteiger partial charge >= 0.3 is 0 Å². The molecule has 0 saturated heterocycles. The van der Waals surface area contributed by atoms with Crippen LogP contribution in [0.4, 0.5) is 0 Å². The highest BCUT2D eigenvalue weighted by atomic mass is 16.2. The van der Waals surface area contributed by atoms with Crippen molar-refractivity contribution in [1.82, 2.24) is 16.0 Å². The first-order chi connectivity index (χ1) is 8.73. The van der Waals surface area contributed by atoms with Crippen molar-refractivity contribution in [2.75, 3.05) is 6.54 Å². The van der Waals surface area contributed by atoms with E-state index in [0.717, 1.165) is 0 Å². The molecule has 6 nitrogen and oxygen atoms in total. The predicted molar refractivity (Wildman–Crippen MR) is 73.3 cm³/mol. The molecule has 0 aromatic heterocycles. The summed E-state index contributed by atoms with van der Waals surface area (Å²) in [5, 5.41) is 8.05. The van der Waals surface area contributed by atoms with Gasteiger partial charge in [0.1, 0.15) is 6.04 Å². The molecule has 19 heavy (non-hydrogen) atoms. The maximum Gasteiger partial charge on any atom is 0.242 e. The first kappa shape index (κ1) is 17.4. The largest absolute Gasteiger partial charge is 0.356 e. The SMILES string of the molecule is CC(=O)NC(CCNC(=O)C(C)C)C(=O)NC(C)C. The third-order valence-electron chi connectivity index (χ3n) is 2.38. The molecule has 0 spiro atoms. The molecule has 0 aliphatic heterocycles. The zero-order valence-electron chi connectivity index (χ0n) is 12.4. The van der Waals surface area contributed by atoms with Crippen molar-refractivity contribution in [1.29, 1.82) is 0 Å². The van der Waals surface area contributed by atoms with E-state index in [1.54, 1.807) is 13.8 Å². The van der Waals surface area contributed by atoms with Crippen LogP contribution >= 0.6 is 0 Å². The van der Waals surface area contributed by atoms with Crippen molar-refractivity contribution in [3.63, 3.8) is 0 Å². The van der Waals surface area contributed by atoms with Gasteiger partial charge in [-0.1, -0.05) is 13.8 Å². The lowest BCUT2D eigenvalue weighted by molar-refractivity contribution is -0.128. The van der Waals surface area contributed by atoms with Crippen LogP contribution < -0.4 is 16.0 Å². The summed E-state index contributed by atoms with van der Waals surface area (Å²) in [7, 11) is 0. The average Bonchev–Trinajstić information content (AvgIpc) is 2.25. The fraction of sp³-hybridized carbons (Fsp3) is 0.769. The number of carbonyl (C=O) groups excluding carboxylic acids is 3. The number of carbonyl (C=O) groups is 3. The van der Waals surface area contributed by atoms with E-state index in [9.17, 15) is 14.4 Å². The van der Waals surface area contributed by atoms with Gasteiger partial charge in [-0.25, -0.2) is 0 Å². The van der Waals surface area contributed by atoms with Crippen molar-refractivity contribution < 1.29 is 14.4 Å². The van der Waals surface area contributed by atoms with E-state index in [1.165, 1.54) is 6.92 Å². The average molecular weight is 271 g/mol. The van der Waals surface area contributed by atoms with Crippen LogP contribution in [-0.4, -0.2) is 36.3 Å². The Morgan fingerprint density at radius 3 is 1.95 bits per heavy atom. The minimum atomic E-state index is -0.618. The predicted octanol–water partition coefficient (Wildman–Crippen LogP) is 0.178. The van der Waals surface area contributed by atoms with E-state index in [4.69, 9.17) is 0 Å². The molecule has 0 fully saturated rings. The van der Waals surface area contributed by atoms with Gasteiger partial charge in [0, 0.05) is 25.4 Å². The van der Waals surface area contributed by atoms with Crippen molar-refractivity contribution in [3.8, 4) is 0 Å². The van der Waals surface area contributed by atoms with Gasteiger partial charge in [0.05, 0.1) is 0 Å². The molecule has 1 atom stereocenters. The van der Waals surface area contributed by atoms with Crippen molar-refractivity contribution in [2.24, 2.45) is 5.92 Å². The Balaban J connectivity index is 4.32. The lowest BCUT2D eigenvalue weighted by Crippen LogP contribution is -2.49. The van der Waals surface area contributed by atoms with Gasteiger partial charge < -0.3 is 16.0 Å². The highest BCUT2D eigenvalue weighted by Crippen LogP contribution is 1.95. The maximum atomic E-state index is 11.9. The molecule has 0 rings (SSSR count). The molecule has 6 heteroatoms. The molecule has 3 amide bonds. The first-order valence-corrected chi connectivity index (χ1v) is 6.59. The molecule has 110 valence electrons. The highest BCUT2D eigenvalue weighted by molar-refractivity contribution is 5.87. The van der Waals surface area contributed by atoms with Gasteiger partial charge in [-0.3, -0.25) is 14.4 Å². The minimum absolute atomic E-state index is 0.00835. The van der Waals surface area contributed by atoms with Crippen LogP contribution in [0.25, 0.3) is 0 Å². The Morgan fingerprint density at radius 1 is 0.947 bits per heavy atom. The van der Waals surface area contributed by atoms with Crippen LogP contribution in [0.2, 0.25) is 0 Å². The molecular formula is C13H25N3O3. The fourth-order valence-corrected chi connectivity index (χ4v) is 1.44. The summed E-state index contributed by atoms with van der Waals surface area (Å²) in [6.07, 6.45) is 0.372. The quantitative estimate of drug-likeness (QED) is 0.617. The van der Waals surface area contributed by atoms with Crippen molar-refractivity contribution >= 4 is 17.7 Å². The van der Waals surface area contributed by atoms with Crippen LogP contribution in [0.3, 0.4) is 0 Å². The van der Waals surface area contributed by atoms with E-state index in [2.05, 4.69) is 16.0 Å². The fourth-order valence-electron chi connectivity index (χ4n) is 1.44. The van der Waals surface area contributed by atoms with E-state index in [-0.39, 0.29) is 29.7 Å². The summed E-state index contributed by atoms with van der Waals surface area (Å²) in [6, 6.07) is -0.610. The van der Waals surface area contributed by atoms with Gasteiger partial charge in [0.2, 0.25) is 17.7 Å². The number of hydrogen-bond donors (Lipinski definition) is 3. The molecule has 0 bridgehead atoms. The van der Waals surface area contributed by atoms with Gasteiger partial charge in [-0.05, 0) is 20.3 Å². The third kappa shape index (κ3) is 8.18. The number of rotatable bonds is 7. The second-order valence-electron chi connectivity index (χ2n) is 5.15. The van der Waals surface area contributed by atoms with Crippen LogP contribution in [0.5, 0.6) is 0 Å². The summed E-state index contributed by atoms with van der Waals surface area (Å²) in [6.45, 7) is 9.01. The molecule has 0 radical (unpaired) electrons. The second-order valence-corrected chi connectivity index (χ2v) is 5.15. The van der Waals surface area contributed by atoms with Crippen LogP contribution in [0.1, 0.15) is 41.0 Å². The molecule has 1 unspecified atom stereocenters. The Bertz CT molecular complexity index is 327. The first-order valence-electron chi connectivity index (χ1n) is 6.59. The van der Waals surface area contributed by atoms with E-state index in [1.807, 2.05) is 13.8 Å². The monoisotopic (exact) mass is 271 g/mol. The van der Waals surface area contributed by atoms with Crippen molar-refractivity contribution in [2.45, 2.75) is 53.1 Å². The molecule has 0 aromatic carbocycles.